The first-order valence-corrected chi connectivity index (χ1v) is 10.4. The molecule has 0 spiro atoms. The van der Waals surface area contributed by atoms with Crippen molar-refractivity contribution in [3.8, 4) is 17.2 Å². The predicted octanol–water partition coefficient (Wildman–Crippen LogP) is 4.49. The monoisotopic (exact) mass is 437 g/mol. The number of pyridine rings is 4. The summed E-state index contributed by atoms with van der Waals surface area (Å²) >= 11 is 0. The molecule has 0 saturated carbocycles. The van der Waals surface area contributed by atoms with E-state index in [1.54, 1.807) is 36.8 Å². The largest absolute Gasteiger partial charge is 0.373 e. The van der Waals surface area contributed by atoms with Gasteiger partial charge in [-0.1, -0.05) is 0 Å². The van der Waals surface area contributed by atoms with Crippen LogP contribution in [-0.2, 0) is 5.41 Å². The summed E-state index contributed by atoms with van der Waals surface area (Å²) in [6.45, 7) is 5.52. The molecular formula is C25H23N7O. The van der Waals surface area contributed by atoms with E-state index in [0.717, 1.165) is 39.1 Å². The Balaban J connectivity index is 1.64. The Hall–Kier alpha value is -4.38. The Morgan fingerprint density at radius 3 is 2.58 bits per heavy atom. The molecule has 4 aromatic rings. The van der Waals surface area contributed by atoms with Gasteiger partial charge in [0.1, 0.15) is 11.6 Å². The van der Waals surface area contributed by atoms with Crippen molar-refractivity contribution in [3.63, 3.8) is 0 Å². The third-order valence-electron chi connectivity index (χ3n) is 5.48. The minimum atomic E-state index is -0.688. The van der Waals surface area contributed by atoms with Crippen molar-refractivity contribution in [3.05, 3.63) is 71.9 Å². The minimum Gasteiger partial charge on any atom is -0.373 e. The quantitative estimate of drug-likeness (QED) is 0.472. The lowest BCUT2D eigenvalue weighted by Gasteiger charge is -2.16. The highest BCUT2D eigenvalue weighted by atomic mass is 16.1. The van der Waals surface area contributed by atoms with Gasteiger partial charge in [-0.15, -0.1) is 0 Å². The second-order valence-electron chi connectivity index (χ2n) is 8.21. The lowest BCUT2D eigenvalue weighted by Crippen LogP contribution is -2.17. The molecule has 164 valence electrons. The summed E-state index contributed by atoms with van der Waals surface area (Å²) in [5.74, 6) is 0.786. The number of hydrogen-bond acceptors (Lipinski definition) is 7. The fourth-order valence-electron chi connectivity index (χ4n) is 3.40. The highest BCUT2D eigenvalue weighted by Gasteiger charge is 2.21. The van der Waals surface area contributed by atoms with Crippen molar-refractivity contribution in [2.75, 3.05) is 17.7 Å². The lowest BCUT2D eigenvalue weighted by atomic mass is 9.87. The van der Waals surface area contributed by atoms with Crippen LogP contribution in [0.3, 0.4) is 0 Å². The molecule has 0 fully saturated rings. The SMILES string of the molecule is CNc1cc2ncc(-c3cc(C(=O)Nc4cc(C(C)(C)C#N)ccn4)cnc3C)cc2cn1. The summed E-state index contributed by atoms with van der Waals surface area (Å²) < 4.78 is 0. The molecule has 0 aliphatic rings. The molecule has 2 N–H and O–H groups in total. The van der Waals surface area contributed by atoms with E-state index in [9.17, 15) is 10.1 Å². The van der Waals surface area contributed by atoms with E-state index in [2.05, 4.69) is 36.6 Å². The van der Waals surface area contributed by atoms with Gasteiger partial charge in [-0.3, -0.25) is 14.8 Å². The first-order valence-electron chi connectivity index (χ1n) is 10.4. The van der Waals surface area contributed by atoms with E-state index in [1.807, 2.05) is 40.0 Å². The van der Waals surface area contributed by atoms with Crippen molar-refractivity contribution < 1.29 is 4.79 Å². The average molecular weight is 438 g/mol. The number of aromatic nitrogens is 4. The fourth-order valence-corrected chi connectivity index (χ4v) is 3.40. The van der Waals surface area contributed by atoms with Crippen LogP contribution in [0.4, 0.5) is 11.6 Å². The summed E-state index contributed by atoms with van der Waals surface area (Å²) in [5.41, 5.74) is 3.74. The second-order valence-corrected chi connectivity index (χ2v) is 8.21. The van der Waals surface area contributed by atoms with Gasteiger partial charge in [0, 0.05) is 60.1 Å². The minimum absolute atomic E-state index is 0.336. The molecule has 0 bridgehead atoms. The molecule has 4 aromatic heterocycles. The molecule has 0 aliphatic heterocycles. The molecule has 1 amide bonds. The van der Waals surface area contributed by atoms with Gasteiger partial charge in [0.15, 0.2) is 0 Å². The van der Waals surface area contributed by atoms with Crippen LogP contribution in [0.5, 0.6) is 0 Å². The maximum absolute atomic E-state index is 12.9. The number of hydrogen-bond donors (Lipinski definition) is 2. The Bertz CT molecular complexity index is 1410. The average Bonchev–Trinajstić information content (AvgIpc) is 2.83. The van der Waals surface area contributed by atoms with Crippen molar-refractivity contribution in [2.45, 2.75) is 26.2 Å². The van der Waals surface area contributed by atoms with E-state index in [4.69, 9.17) is 0 Å². The second kappa shape index (κ2) is 8.63. The van der Waals surface area contributed by atoms with Gasteiger partial charge in [-0.05, 0) is 50.6 Å². The van der Waals surface area contributed by atoms with Crippen molar-refractivity contribution >= 4 is 28.4 Å². The molecule has 8 nitrogen and oxygen atoms in total. The molecule has 0 aromatic carbocycles. The number of amides is 1. The van der Waals surface area contributed by atoms with Crippen molar-refractivity contribution in [1.82, 2.24) is 19.9 Å². The number of nitriles is 1. The number of carbonyl (C=O) groups is 1. The van der Waals surface area contributed by atoms with Crippen LogP contribution in [0.15, 0.2) is 55.1 Å². The van der Waals surface area contributed by atoms with Crippen molar-refractivity contribution in [2.24, 2.45) is 0 Å². The van der Waals surface area contributed by atoms with Gasteiger partial charge in [0.2, 0.25) is 0 Å². The zero-order chi connectivity index (χ0) is 23.6. The van der Waals surface area contributed by atoms with E-state index in [-0.39, 0.29) is 5.91 Å². The summed E-state index contributed by atoms with van der Waals surface area (Å²) in [6.07, 6.45) is 6.64. The Morgan fingerprint density at radius 2 is 1.82 bits per heavy atom. The third kappa shape index (κ3) is 4.48. The van der Waals surface area contributed by atoms with Crippen LogP contribution in [0.25, 0.3) is 22.0 Å². The van der Waals surface area contributed by atoms with Crippen LogP contribution in [0.2, 0.25) is 0 Å². The lowest BCUT2D eigenvalue weighted by molar-refractivity contribution is 0.102. The van der Waals surface area contributed by atoms with Crippen LogP contribution in [0.1, 0.15) is 35.5 Å². The predicted molar refractivity (Wildman–Crippen MR) is 128 cm³/mol. The Labute approximate surface area is 191 Å². The summed E-state index contributed by atoms with van der Waals surface area (Å²) in [4.78, 5) is 30.5. The smallest absolute Gasteiger partial charge is 0.258 e. The molecule has 0 atom stereocenters. The zero-order valence-corrected chi connectivity index (χ0v) is 18.8. The molecule has 0 saturated heterocycles. The highest BCUT2D eigenvalue weighted by Crippen LogP contribution is 2.27. The number of fused-ring (bicyclic) bond motifs is 1. The highest BCUT2D eigenvalue weighted by molar-refractivity contribution is 6.04. The topological polar surface area (TPSA) is 116 Å². The van der Waals surface area contributed by atoms with Gasteiger partial charge < -0.3 is 10.6 Å². The molecule has 0 aliphatic carbocycles. The maximum Gasteiger partial charge on any atom is 0.258 e. The number of nitrogens with one attached hydrogen (secondary N) is 2. The van der Waals surface area contributed by atoms with Crippen LogP contribution in [0, 0.1) is 18.3 Å². The van der Waals surface area contributed by atoms with E-state index >= 15 is 0 Å². The Kier molecular flexibility index (Phi) is 5.71. The Morgan fingerprint density at radius 1 is 1.00 bits per heavy atom. The zero-order valence-electron chi connectivity index (χ0n) is 18.8. The normalized spacial score (nSPS) is 11.1. The van der Waals surface area contributed by atoms with Crippen LogP contribution < -0.4 is 10.6 Å². The molecule has 8 heteroatoms. The molecule has 4 heterocycles. The molecule has 4 rings (SSSR count). The molecule has 33 heavy (non-hydrogen) atoms. The summed E-state index contributed by atoms with van der Waals surface area (Å²) in [6, 6.07) is 11.4. The van der Waals surface area contributed by atoms with E-state index in [0.29, 0.717) is 11.4 Å². The van der Waals surface area contributed by atoms with Gasteiger partial charge in [0.05, 0.1) is 22.6 Å². The van der Waals surface area contributed by atoms with E-state index in [1.165, 1.54) is 6.20 Å². The first kappa shape index (κ1) is 21.8. The summed E-state index contributed by atoms with van der Waals surface area (Å²) in [7, 11) is 1.81. The van der Waals surface area contributed by atoms with Crippen LogP contribution in [-0.4, -0.2) is 32.9 Å². The van der Waals surface area contributed by atoms with E-state index < -0.39 is 5.41 Å². The van der Waals surface area contributed by atoms with Crippen LogP contribution >= 0.6 is 0 Å². The van der Waals surface area contributed by atoms with Gasteiger partial charge >= 0.3 is 0 Å². The molecule has 0 unspecified atom stereocenters. The van der Waals surface area contributed by atoms with Gasteiger partial charge in [-0.25, -0.2) is 9.97 Å². The van der Waals surface area contributed by atoms with Gasteiger partial charge in [-0.2, -0.15) is 5.26 Å². The number of carbonyl (C=O) groups excluding carboxylic acids is 1. The maximum atomic E-state index is 12.9. The number of anilines is 2. The number of rotatable bonds is 5. The molecule has 0 radical (unpaired) electrons. The molecular weight excluding hydrogens is 414 g/mol. The first-order chi connectivity index (χ1) is 15.8. The standard InChI is InChI=1S/C25H23N7O/c1-15-20(16-7-17-12-31-22(27-4)10-21(17)30-11-16)8-18(13-29-15)24(33)32-23-9-19(5-6-28-23)25(2,3)14-26/h5-13H,1-4H3,(H,27,31)(H,28,32,33). The third-order valence-corrected chi connectivity index (χ3v) is 5.48. The van der Waals surface area contributed by atoms with Gasteiger partial charge in [0.25, 0.3) is 5.91 Å². The fraction of sp³-hybridized carbons (Fsp3) is 0.200. The summed E-state index contributed by atoms with van der Waals surface area (Å²) in [5, 5.41) is 16.1. The number of nitrogens with zero attached hydrogens (tertiary/aromatic N) is 5. The number of aryl methyl sites for hydroxylation is 1. The van der Waals surface area contributed by atoms with Crippen molar-refractivity contribution in [1.29, 1.82) is 5.26 Å².